The summed E-state index contributed by atoms with van der Waals surface area (Å²) in [5.74, 6) is -0.831. The van der Waals surface area contributed by atoms with Gasteiger partial charge in [0, 0.05) is 50.4 Å². The number of hydrogen-bond acceptors (Lipinski definition) is 6. The van der Waals surface area contributed by atoms with Gasteiger partial charge in [0.2, 0.25) is 11.8 Å². The molecule has 1 aromatic rings. The minimum Gasteiger partial charge on any atom is -0.460 e. The molecule has 1 N–H and O–H groups in total. The number of nitrogens with one attached hydrogen (secondary N) is 1. The standard InChI is InChI=1S/C26H36N4O5/c1-26(2,3)35-24(33)18-10-14-30(15-11-18)25(34)29-12-8-17(9-13-29)21-6-4-19(16-27-21)20-5-7-22(31)28-23(20)32/h4,6,16-18,20H,5,7-15H2,1-3H3,(H,28,31,32). The summed E-state index contributed by atoms with van der Waals surface area (Å²) in [5.41, 5.74) is 1.32. The van der Waals surface area contributed by atoms with Crippen molar-refractivity contribution in [2.24, 2.45) is 5.92 Å². The Balaban J connectivity index is 1.24. The molecule has 9 nitrogen and oxygen atoms in total. The van der Waals surface area contributed by atoms with E-state index in [1.54, 1.807) is 6.20 Å². The first-order chi connectivity index (χ1) is 16.6. The summed E-state index contributed by atoms with van der Waals surface area (Å²) in [7, 11) is 0. The molecule has 4 heterocycles. The number of piperidine rings is 3. The Morgan fingerprint density at radius 3 is 2.14 bits per heavy atom. The van der Waals surface area contributed by atoms with Crippen molar-refractivity contribution in [2.45, 2.75) is 76.7 Å². The fourth-order valence-corrected chi connectivity index (χ4v) is 5.13. The minimum atomic E-state index is -0.492. The van der Waals surface area contributed by atoms with Crippen molar-refractivity contribution in [1.29, 1.82) is 0 Å². The van der Waals surface area contributed by atoms with E-state index < -0.39 is 5.60 Å². The van der Waals surface area contributed by atoms with Crippen LogP contribution in [-0.4, -0.2) is 70.4 Å². The largest absolute Gasteiger partial charge is 0.460 e. The topological polar surface area (TPSA) is 109 Å². The van der Waals surface area contributed by atoms with Gasteiger partial charge in [-0.2, -0.15) is 0 Å². The second-order valence-corrected chi connectivity index (χ2v) is 10.9. The molecule has 0 radical (unpaired) electrons. The highest BCUT2D eigenvalue weighted by Gasteiger charge is 2.34. The van der Waals surface area contributed by atoms with E-state index in [1.807, 2.05) is 42.7 Å². The Labute approximate surface area is 206 Å². The number of ether oxygens (including phenoxy) is 1. The molecule has 0 spiro atoms. The van der Waals surface area contributed by atoms with Crippen LogP contribution in [0.4, 0.5) is 4.79 Å². The number of esters is 1. The van der Waals surface area contributed by atoms with Crippen LogP contribution < -0.4 is 5.32 Å². The van der Waals surface area contributed by atoms with E-state index in [-0.39, 0.29) is 41.6 Å². The summed E-state index contributed by atoms with van der Waals surface area (Å²) in [6, 6.07) is 3.96. The highest BCUT2D eigenvalue weighted by molar-refractivity contribution is 6.00. The highest BCUT2D eigenvalue weighted by Crippen LogP contribution is 2.30. The molecule has 4 rings (SSSR count). The second kappa shape index (κ2) is 10.3. The zero-order chi connectivity index (χ0) is 25.2. The number of carbonyl (C=O) groups excluding carboxylic acids is 4. The third kappa shape index (κ3) is 6.18. The van der Waals surface area contributed by atoms with Crippen molar-refractivity contribution < 1.29 is 23.9 Å². The van der Waals surface area contributed by atoms with Crippen molar-refractivity contribution >= 4 is 23.8 Å². The van der Waals surface area contributed by atoms with Gasteiger partial charge in [-0.3, -0.25) is 24.7 Å². The molecule has 0 saturated carbocycles. The molecule has 1 unspecified atom stereocenters. The first-order valence-electron chi connectivity index (χ1n) is 12.7. The number of rotatable bonds is 3. The number of carbonyl (C=O) groups is 4. The SMILES string of the molecule is CC(C)(C)OC(=O)C1CCN(C(=O)N2CCC(c3ccc(C4CCC(=O)NC4=O)cn3)CC2)CC1. The van der Waals surface area contributed by atoms with Crippen LogP contribution in [0.15, 0.2) is 18.3 Å². The van der Waals surface area contributed by atoms with Crippen molar-refractivity contribution in [3.8, 4) is 0 Å². The number of likely N-dealkylation sites (tertiary alicyclic amines) is 2. The molecule has 3 fully saturated rings. The van der Waals surface area contributed by atoms with E-state index in [4.69, 9.17) is 4.74 Å². The van der Waals surface area contributed by atoms with Crippen LogP contribution in [0.3, 0.4) is 0 Å². The molecule has 190 valence electrons. The predicted octanol–water partition coefficient (Wildman–Crippen LogP) is 2.95. The number of amides is 4. The van der Waals surface area contributed by atoms with Gasteiger partial charge in [-0.15, -0.1) is 0 Å². The molecule has 9 heteroatoms. The Morgan fingerprint density at radius 1 is 0.971 bits per heavy atom. The van der Waals surface area contributed by atoms with Gasteiger partial charge in [0.05, 0.1) is 11.8 Å². The van der Waals surface area contributed by atoms with Crippen LogP contribution >= 0.6 is 0 Å². The van der Waals surface area contributed by atoms with Crippen LogP contribution in [0.1, 0.15) is 82.4 Å². The predicted molar refractivity (Wildman–Crippen MR) is 128 cm³/mol. The quantitative estimate of drug-likeness (QED) is 0.522. The van der Waals surface area contributed by atoms with Gasteiger partial charge < -0.3 is 14.5 Å². The highest BCUT2D eigenvalue weighted by atomic mass is 16.6. The van der Waals surface area contributed by atoms with Crippen LogP contribution in [0.25, 0.3) is 0 Å². The fourth-order valence-electron chi connectivity index (χ4n) is 5.13. The van der Waals surface area contributed by atoms with E-state index in [2.05, 4.69) is 10.3 Å². The van der Waals surface area contributed by atoms with Crippen LogP contribution in [-0.2, 0) is 19.1 Å². The van der Waals surface area contributed by atoms with Crippen molar-refractivity contribution in [1.82, 2.24) is 20.1 Å². The number of imide groups is 1. The Morgan fingerprint density at radius 2 is 1.60 bits per heavy atom. The lowest BCUT2D eigenvalue weighted by Crippen LogP contribution is -2.49. The van der Waals surface area contributed by atoms with E-state index in [9.17, 15) is 19.2 Å². The molecule has 3 aliphatic rings. The molecule has 1 atom stereocenters. The van der Waals surface area contributed by atoms with Gasteiger partial charge in [0.15, 0.2) is 0 Å². The van der Waals surface area contributed by atoms with Crippen LogP contribution in [0.5, 0.6) is 0 Å². The average molecular weight is 485 g/mol. The van der Waals surface area contributed by atoms with Gasteiger partial charge in [-0.1, -0.05) is 6.07 Å². The lowest BCUT2D eigenvalue weighted by molar-refractivity contribution is -0.161. The lowest BCUT2D eigenvalue weighted by Gasteiger charge is -2.38. The third-order valence-corrected chi connectivity index (χ3v) is 7.14. The molecular formula is C26H36N4O5. The van der Waals surface area contributed by atoms with Crippen LogP contribution in [0.2, 0.25) is 0 Å². The molecule has 35 heavy (non-hydrogen) atoms. The first-order valence-corrected chi connectivity index (χ1v) is 12.7. The average Bonchev–Trinajstić information content (AvgIpc) is 2.83. The zero-order valence-corrected chi connectivity index (χ0v) is 20.9. The smallest absolute Gasteiger partial charge is 0.319 e. The van der Waals surface area contributed by atoms with Crippen molar-refractivity contribution in [3.63, 3.8) is 0 Å². The molecule has 0 aromatic carbocycles. The number of hydrogen-bond donors (Lipinski definition) is 1. The molecule has 4 amide bonds. The summed E-state index contributed by atoms with van der Waals surface area (Å²) in [6.45, 7) is 8.11. The Hall–Kier alpha value is -2.97. The maximum Gasteiger partial charge on any atom is 0.319 e. The summed E-state index contributed by atoms with van der Waals surface area (Å²) >= 11 is 0. The Kier molecular flexibility index (Phi) is 7.42. The van der Waals surface area contributed by atoms with Gasteiger partial charge in [-0.25, -0.2) is 4.79 Å². The maximum absolute atomic E-state index is 13.0. The van der Waals surface area contributed by atoms with E-state index in [0.717, 1.165) is 24.1 Å². The van der Waals surface area contributed by atoms with Gasteiger partial charge in [0.1, 0.15) is 5.60 Å². The number of pyridine rings is 1. The Bertz CT molecular complexity index is 955. The third-order valence-electron chi connectivity index (χ3n) is 7.14. The van der Waals surface area contributed by atoms with Gasteiger partial charge in [0.25, 0.3) is 0 Å². The van der Waals surface area contributed by atoms with E-state index in [1.165, 1.54) is 0 Å². The zero-order valence-electron chi connectivity index (χ0n) is 20.9. The van der Waals surface area contributed by atoms with Crippen molar-refractivity contribution in [3.05, 3.63) is 29.6 Å². The monoisotopic (exact) mass is 484 g/mol. The summed E-state index contributed by atoms with van der Waals surface area (Å²) in [4.78, 5) is 57.2. The summed E-state index contributed by atoms with van der Waals surface area (Å²) in [6.07, 6.45) is 5.57. The van der Waals surface area contributed by atoms with Crippen molar-refractivity contribution in [2.75, 3.05) is 26.2 Å². The van der Waals surface area contributed by atoms with E-state index in [0.29, 0.717) is 51.9 Å². The summed E-state index contributed by atoms with van der Waals surface area (Å²) in [5, 5.41) is 2.39. The number of nitrogens with zero attached hydrogens (tertiary/aromatic N) is 3. The normalized spacial score (nSPS) is 22.7. The second-order valence-electron chi connectivity index (χ2n) is 10.9. The first kappa shape index (κ1) is 25.1. The maximum atomic E-state index is 13.0. The molecule has 0 bridgehead atoms. The lowest BCUT2D eigenvalue weighted by atomic mass is 9.89. The molecule has 3 aliphatic heterocycles. The molecule has 3 saturated heterocycles. The molecular weight excluding hydrogens is 448 g/mol. The number of aromatic nitrogens is 1. The fraction of sp³-hybridized carbons (Fsp3) is 0.654. The molecule has 0 aliphatic carbocycles. The van der Waals surface area contributed by atoms with E-state index >= 15 is 0 Å². The number of urea groups is 1. The van der Waals surface area contributed by atoms with Crippen LogP contribution in [0, 0.1) is 5.92 Å². The van der Waals surface area contributed by atoms with Gasteiger partial charge >= 0.3 is 12.0 Å². The molecule has 1 aromatic heterocycles. The summed E-state index contributed by atoms with van der Waals surface area (Å²) < 4.78 is 5.50. The minimum absolute atomic E-state index is 0.0484. The van der Waals surface area contributed by atoms with Gasteiger partial charge in [-0.05, 0) is 64.5 Å².